The van der Waals surface area contributed by atoms with Gasteiger partial charge in [0, 0.05) is 16.7 Å². The minimum atomic E-state index is -0.614. The molecule has 0 fully saturated rings. The molecule has 116 valence electrons. The van der Waals surface area contributed by atoms with E-state index in [1.54, 1.807) is 18.2 Å². The van der Waals surface area contributed by atoms with Crippen molar-refractivity contribution in [1.82, 2.24) is 4.98 Å². The first-order valence-corrected chi connectivity index (χ1v) is 7.40. The molecule has 0 atom stereocenters. The molecule has 1 aromatic heterocycles. The van der Waals surface area contributed by atoms with Crippen LogP contribution in [-0.2, 0) is 0 Å². The fraction of sp³-hybridized carbons (Fsp3) is 0.111. The van der Waals surface area contributed by atoms with E-state index in [9.17, 15) is 9.90 Å². The zero-order valence-corrected chi connectivity index (χ0v) is 13.4. The summed E-state index contributed by atoms with van der Waals surface area (Å²) in [5, 5.41) is 10.8. The third kappa shape index (κ3) is 3.12. The molecular weight excluding hydrogens is 314 g/mol. The second kappa shape index (κ2) is 5.89. The first-order valence-electron chi connectivity index (χ1n) is 7.03. The summed E-state index contributed by atoms with van der Waals surface area (Å²) < 4.78 is 5.21. The lowest BCUT2D eigenvalue weighted by molar-refractivity contribution is 0.513. The van der Waals surface area contributed by atoms with Crippen molar-refractivity contribution in [2.45, 2.75) is 13.8 Å². The van der Waals surface area contributed by atoms with Crippen LogP contribution in [0.25, 0.3) is 22.9 Å². The largest absolute Gasteiger partial charge is 0.507 e. The molecule has 0 aliphatic carbocycles. The summed E-state index contributed by atoms with van der Waals surface area (Å²) in [6.07, 6.45) is 1.31. The Hall–Kier alpha value is -2.59. The topological polar surface area (TPSA) is 63.3 Å². The summed E-state index contributed by atoms with van der Waals surface area (Å²) in [5.41, 5.74) is 2.78. The van der Waals surface area contributed by atoms with Crippen LogP contribution in [0.2, 0.25) is 5.02 Å². The van der Waals surface area contributed by atoms with Gasteiger partial charge in [0.25, 0.3) is 0 Å². The number of aryl methyl sites for hydroxylation is 2. The Kier molecular flexibility index (Phi) is 3.92. The van der Waals surface area contributed by atoms with Crippen LogP contribution in [0.15, 0.2) is 45.6 Å². The molecule has 0 spiro atoms. The van der Waals surface area contributed by atoms with Crippen molar-refractivity contribution in [2.24, 2.45) is 0 Å². The number of aliphatic hydroxyl groups excluding tert-OH is 1. The van der Waals surface area contributed by atoms with Crippen molar-refractivity contribution >= 4 is 34.5 Å². The third-order valence-corrected chi connectivity index (χ3v) is 3.75. The fourth-order valence-electron chi connectivity index (χ4n) is 2.30. The lowest BCUT2D eigenvalue weighted by atomic mass is 10.0. The standard InChI is InChI=1S/C18H14ClNO3/c1-10-3-4-11(2)13(7-10)16(21)9-15-18(22)23-17-6-5-12(19)8-14(17)20-15/h3-9,21H,1-2H3. The maximum absolute atomic E-state index is 12.0. The van der Waals surface area contributed by atoms with Gasteiger partial charge >= 0.3 is 5.63 Å². The number of fused-ring (bicyclic) bond motifs is 1. The van der Waals surface area contributed by atoms with Gasteiger partial charge in [-0.1, -0.05) is 29.3 Å². The van der Waals surface area contributed by atoms with Gasteiger partial charge in [-0.3, -0.25) is 0 Å². The van der Waals surface area contributed by atoms with Crippen LogP contribution in [-0.4, -0.2) is 10.1 Å². The molecule has 1 N–H and O–H groups in total. The van der Waals surface area contributed by atoms with E-state index >= 15 is 0 Å². The highest BCUT2D eigenvalue weighted by Crippen LogP contribution is 2.21. The molecule has 0 saturated carbocycles. The fourth-order valence-corrected chi connectivity index (χ4v) is 2.47. The number of benzene rings is 2. The van der Waals surface area contributed by atoms with E-state index in [4.69, 9.17) is 16.0 Å². The smallest absolute Gasteiger partial charge is 0.362 e. The van der Waals surface area contributed by atoms with Crippen molar-refractivity contribution < 1.29 is 9.52 Å². The van der Waals surface area contributed by atoms with Gasteiger partial charge in [-0.15, -0.1) is 0 Å². The van der Waals surface area contributed by atoms with E-state index in [-0.39, 0.29) is 11.5 Å². The molecule has 0 unspecified atom stereocenters. The van der Waals surface area contributed by atoms with Crippen LogP contribution in [0, 0.1) is 13.8 Å². The summed E-state index contributed by atoms with van der Waals surface area (Å²) >= 11 is 5.93. The minimum Gasteiger partial charge on any atom is -0.507 e. The summed E-state index contributed by atoms with van der Waals surface area (Å²) in [5.74, 6) is -0.0348. The van der Waals surface area contributed by atoms with Gasteiger partial charge in [-0.25, -0.2) is 9.78 Å². The summed E-state index contributed by atoms with van der Waals surface area (Å²) in [6, 6.07) is 10.5. The Labute approximate surface area is 137 Å². The molecule has 5 heteroatoms. The number of halogens is 1. The molecular formula is C18H14ClNO3. The molecule has 0 bridgehead atoms. The average molecular weight is 328 g/mol. The Bertz CT molecular complexity index is 989. The van der Waals surface area contributed by atoms with Crippen LogP contribution >= 0.6 is 11.6 Å². The predicted octanol–water partition coefficient (Wildman–Crippen LogP) is 4.51. The molecule has 23 heavy (non-hydrogen) atoms. The van der Waals surface area contributed by atoms with Crippen molar-refractivity contribution in [3.63, 3.8) is 0 Å². The van der Waals surface area contributed by atoms with Gasteiger partial charge in [0.1, 0.15) is 11.3 Å². The maximum atomic E-state index is 12.0. The summed E-state index contributed by atoms with van der Waals surface area (Å²) in [7, 11) is 0. The lowest BCUT2D eigenvalue weighted by Gasteiger charge is -2.06. The van der Waals surface area contributed by atoms with Crippen molar-refractivity contribution in [3.8, 4) is 0 Å². The molecule has 1 heterocycles. The van der Waals surface area contributed by atoms with Crippen molar-refractivity contribution in [2.75, 3.05) is 0 Å². The highest BCUT2D eigenvalue weighted by Gasteiger charge is 2.09. The van der Waals surface area contributed by atoms with Gasteiger partial charge < -0.3 is 9.52 Å². The van der Waals surface area contributed by atoms with E-state index in [2.05, 4.69) is 4.98 Å². The quantitative estimate of drug-likeness (QED) is 0.703. The van der Waals surface area contributed by atoms with Crippen LogP contribution in [0.3, 0.4) is 0 Å². The molecule has 0 radical (unpaired) electrons. The Morgan fingerprint density at radius 1 is 1.22 bits per heavy atom. The normalized spacial score (nSPS) is 11.9. The minimum absolute atomic E-state index is 0.0261. The van der Waals surface area contributed by atoms with Gasteiger partial charge in [0.2, 0.25) is 0 Å². The second-order valence-electron chi connectivity index (χ2n) is 5.35. The molecule has 0 aliphatic heterocycles. The van der Waals surface area contributed by atoms with E-state index in [1.165, 1.54) is 6.08 Å². The van der Waals surface area contributed by atoms with Crippen molar-refractivity contribution in [1.29, 1.82) is 0 Å². The number of hydrogen-bond acceptors (Lipinski definition) is 4. The molecule has 2 aromatic carbocycles. The average Bonchev–Trinajstić information content (AvgIpc) is 2.50. The molecule has 3 rings (SSSR count). The van der Waals surface area contributed by atoms with E-state index in [0.29, 0.717) is 21.7 Å². The number of rotatable bonds is 2. The highest BCUT2D eigenvalue weighted by atomic mass is 35.5. The molecule has 0 amide bonds. The third-order valence-electron chi connectivity index (χ3n) is 3.52. The Morgan fingerprint density at radius 2 is 2.00 bits per heavy atom. The molecule has 0 saturated heterocycles. The van der Waals surface area contributed by atoms with Crippen LogP contribution in [0.1, 0.15) is 22.4 Å². The Morgan fingerprint density at radius 3 is 2.78 bits per heavy atom. The predicted molar refractivity (Wildman–Crippen MR) is 91.7 cm³/mol. The number of nitrogens with zero attached hydrogens (tertiary/aromatic N) is 1. The van der Waals surface area contributed by atoms with Gasteiger partial charge in [-0.2, -0.15) is 0 Å². The second-order valence-corrected chi connectivity index (χ2v) is 5.78. The zero-order chi connectivity index (χ0) is 16.6. The first-order chi connectivity index (χ1) is 10.9. The maximum Gasteiger partial charge on any atom is 0.362 e. The van der Waals surface area contributed by atoms with Gasteiger partial charge in [0.15, 0.2) is 11.3 Å². The molecule has 3 aromatic rings. The van der Waals surface area contributed by atoms with E-state index in [1.807, 2.05) is 32.0 Å². The SMILES string of the molecule is Cc1ccc(C)c(C(O)=Cc2nc3cc(Cl)ccc3oc2=O)c1. The lowest BCUT2D eigenvalue weighted by Crippen LogP contribution is -2.06. The zero-order valence-electron chi connectivity index (χ0n) is 12.6. The van der Waals surface area contributed by atoms with Crippen LogP contribution < -0.4 is 5.63 Å². The van der Waals surface area contributed by atoms with Gasteiger partial charge in [-0.05, 0) is 43.7 Å². The van der Waals surface area contributed by atoms with E-state index in [0.717, 1.165) is 11.1 Å². The van der Waals surface area contributed by atoms with Gasteiger partial charge in [0.05, 0.1) is 0 Å². The molecule has 4 nitrogen and oxygen atoms in total. The summed E-state index contributed by atoms with van der Waals surface area (Å²) in [4.78, 5) is 16.2. The van der Waals surface area contributed by atoms with Crippen LogP contribution in [0.4, 0.5) is 0 Å². The number of hydrogen-bond donors (Lipinski definition) is 1. The Balaban J connectivity index is 2.14. The first kappa shape index (κ1) is 15.3. The monoisotopic (exact) mass is 327 g/mol. The molecule has 0 aliphatic rings. The van der Waals surface area contributed by atoms with Crippen LogP contribution in [0.5, 0.6) is 0 Å². The number of aromatic nitrogens is 1. The summed E-state index contributed by atoms with van der Waals surface area (Å²) in [6.45, 7) is 3.82. The highest BCUT2D eigenvalue weighted by molar-refractivity contribution is 6.31. The van der Waals surface area contributed by atoms with Crippen molar-refractivity contribution in [3.05, 3.63) is 74.2 Å². The number of aliphatic hydroxyl groups is 1. The van der Waals surface area contributed by atoms with E-state index < -0.39 is 5.63 Å².